The van der Waals surface area contributed by atoms with E-state index in [1.54, 1.807) is 12.1 Å². The van der Waals surface area contributed by atoms with Gasteiger partial charge in [0.05, 0.1) is 26.4 Å². The number of amides is 1. The Kier molecular flexibility index (Phi) is 7.05. The highest BCUT2D eigenvalue weighted by Crippen LogP contribution is 2.39. The topological polar surface area (TPSA) is 75.3 Å². The van der Waals surface area contributed by atoms with Crippen LogP contribution in [0.4, 0.5) is 0 Å². The van der Waals surface area contributed by atoms with E-state index in [1.165, 1.54) is 0 Å². The third-order valence-corrected chi connectivity index (χ3v) is 4.23. The Labute approximate surface area is 170 Å². The number of benzene rings is 2. The van der Waals surface area contributed by atoms with Gasteiger partial charge in [-0.2, -0.15) is 0 Å². The zero-order valence-electron chi connectivity index (χ0n) is 17.0. The summed E-state index contributed by atoms with van der Waals surface area (Å²) in [5.74, 6) is 2.61. The Morgan fingerprint density at radius 2 is 1.62 bits per heavy atom. The van der Waals surface area contributed by atoms with E-state index < -0.39 is 0 Å². The quantitative estimate of drug-likeness (QED) is 0.694. The van der Waals surface area contributed by atoms with Gasteiger partial charge < -0.3 is 29.0 Å². The molecule has 1 heterocycles. The predicted molar refractivity (Wildman–Crippen MR) is 109 cm³/mol. The van der Waals surface area contributed by atoms with Crippen molar-refractivity contribution in [2.24, 2.45) is 0 Å². The maximum atomic E-state index is 12.8. The fourth-order valence-electron chi connectivity index (χ4n) is 2.99. The first-order chi connectivity index (χ1) is 14.2. The zero-order valence-corrected chi connectivity index (χ0v) is 17.0. The summed E-state index contributed by atoms with van der Waals surface area (Å²) in [5.41, 5.74) is 0.428. The van der Waals surface area contributed by atoms with Crippen molar-refractivity contribution >= 4 is 5.91 Å². The standard InChI is InChI=1S/C22H27NO6/c1-4-25-19-11-15(12-20(26-5-2)21(19)27-6-3)22(24)23-13-16-14-28-17-9-7-8-10-18(17)29-16/h7-12,16H,4-6,13-14H2,1-3H3,(H,23,24)/t16-/m0/s1. The minimum atomic E-state index is -0.269. The lowest BCUT2D eigenvalue weighted by molar-refractivity contribution is 0.0788. The van der Waals surface area contributed by atoms with Crippen LogP contribution in [0.5, 0.6) is 28.7 Å². The van der Waals surface area contributed by atoms with E-state index in [2.05, 4.69) is 5.32 Å². The normalized spacial score (nSPS) is 14.8. The molecule has 1 atom stereocenters. The fraction of sp³-hybridized carbons (Fsp3) is 0.409. The first-order valence-corrected chi connectivity index (χ1v) is 9.89. The summed E-state index contributed by atoms with van der Waals surface area (Å²) in [5, 5.41) is 2.89. The number of carbonyl (C=O) groups excluding carboxylic acids is 1. The Hall–Kier alpha value is -3.09. The maximum absolute atomic E-state index is 12.8. The zero-order chi connectivity index (χ0) is 20.6. The van der Waals surface area contributed by atoms with Gasteiger partial charge in [0.15, 0.2) is 23.0 Å². The highest BCUT2D eigenvalue weighted by Gasteiger charge is 2.23. The average Bonchev–Trinajstić information content (AvgIpc) is 2.74. The molecule has 0 saturated heterocycles. The lowest BCUT2D eigenvalue weighted by Crippen LogP contribution is -2.40. The molecule has 0 unspecified atom stereocenters. The third-order valence-electron chi connectivity index (χ3n) is 4.23. The number of nitrogens with one attached hydrogen (secondary N) is 1. The molecule has 1 amide bonds. The number of hydrogen-bond acceptors (Lipinski definition) is 6. The number of ether oxygens (including phenoxy) is 5. The molecule has 0 radical (unpaired) electrons. The Morgan fingerprint density at radius 3 is 2.24 bits per heavy atom. The number of fused-ring (bicyclic) bond motifs is 1. The van der Waals surface area contributed by atoms with Crippen molar-refractivity contribution < 1.29 is 28.5 Å². The second-order valence-electron chi connectivity index (χ2n) is 6.31. The number of hydrogen-bond donors (Lipinski definition) is 1. The van der Waals surface area contributed by atoms with Crippen LogP contribution < -0.4 is 29.0 Å². The minimum Gasteiger partial charge on any atom is -0.490 e. The van der Waals surface area contributed by atoms with Crippen molar-refractivity contribution in [3.8, 4) is 28.7 Å². The molecule has 3 rings (SSSR count). The monoisotopic (exact) mass is 401 g/mol. The summed E-state index contributed by atoms with van der Waals surface area (Å²) in [6.45, 7) is 7.68. The summed E-state index contributed by atoms with van der Waals surface area (Å²) in [7, 11) is 0. The van der Waals surface area contributed by atoms with Gasteiger partial charge in [-0.15, -0.1) is 0 Å². The van der Waals surface area contributed by atoms with E-state index in [4.69, 9.17) is 23.7 Å². The van der Waals surface area contributed by atoms with E-state index in [1.807, 2.05) is 45.0 Å². The van der Waals surface area contributed by atoms with Crippen LogP contribution in [-0.2, 0) is 0 Å². The Balaban J connectivity index is 1.71. The van der Waals surface area contributed by atoms with Crippen LogP contribution >= 0.6 is 0 Å². The molecule has 0 saturated carbocycles. The third kappa shape index (κ3) is 5.04. The second-order valence-corrected chi connectivity index (χ2v) is 6.31. The van der Waals surface area contributed by atoms with Crippen LogP contribution in [0.25, 0.3) is 0 Å². The minimum absolute atomic E-state index is 0.252. The SMILES string of the molecule is CCOc1cc(C(=O)NC[C@H]2COc3ccccc3O2)cc(OCC)c1OCC. The molecule has 0 aromatic heterocycles. The maximum Gasteiger partial charge on any atom is 0.251 e. The fourth-order valence-corrected chi connectivity index (χ4v) is 2.99. The van der Waals surface area contributed by atoms with Crippen molar-refractivity contribution in [2.75, 3.05) is 33.0 Å². The highest BCUT2D eigenvalue weighted by atomic mass is 16.6. The molecule has 0 aliphatic carbocycles. The smallest absolute Gasteiger partial charge is 0.251 e. The van der Waals surface area contributed by atoms with Crippen molar-refractivity contribution in [3.63, 3.8) is 0 Å². The van der Waals surface area contributed by atoms with Crippen LogP contribution in [0.2, 0.25) is 0 Å². The van der Waals surface area contributed by atoms with Gasteiger partial charge in [0.1, 0.15) is 12.7 Å². The number of para-hydroxylation sites is 2. The van der Waals surface area contributed by atoms with Gasteiger partial charge in [-0.05, 0) is 45.0 Å². The van der Waals surface area contributed by atoms with Crippen LogP contribution in [0.1, 0.15) is 31.1 Å². The molecule has 2 aromatic rings. The second kappa shape index (κ2) is 9.91. The van der Waals surface area contributed by atoms with E-state index >= 15 is 0 Å². The van der Waals surface area contributed by atoms with Crippen LogP contribution in [-0.4, -0.2) is 45.0 Å². The van der Waals surface area contributed by atoms with Crippen molar-refractivity contribution in [3.05, 3.63) is 42.0 Å². The Bertz CT molecular complexity index is 811. The predicted octanol–water partition coefficient (Wildman–Crippen LogP) is 3.45. The summed E-state index contributed by atoms with van der Waals surface area (Å²) in [6, 6.07) is 10.8. The molecule has 7 nitrogen and oxygen atoms in total. The molecule has 1 aliphatic rings. The molecule has 0 bridgehead atoms. The first-order valence-electron chi connectivity index (χ1n) is 9.89. The van der Waals surface area contributed by atoms with Crippen molar-refractivity contribution in [1.29, 1.82) is 0 Å². The van der Waals surface area contributed by atoms with E-state index in [0.29, 0.717) is 67.3 Å². The van der Waals surface area contributed by atoms with Gasteiger partial charge in [-0.25, -0.2) is 0 Å². The average molecular weight is 401 g/mol. The molecule has 2 aromatic carbocycles. The molecule has 1 N–H and O–H groups in total. The lowest BCUT2D eigenvalue weighted by Gasteiger charge is -2.26. The molecular weight excluding hydrogens is 374 g/mol. The summed E-state index contributed by atoms with van der Waals surface area (Å²) in [4.78, 5) is 12.8. The molecule has 29 heavy (non-hydrogen) atoms. The van der Waals surface area contributed by atoms with Gasteiger partial charge in [0, 0.05) is 5.56 Å². The van der Waals surface area contributed by atoms with E-state index in [0.717, 1.165) is 0 Å². The molecule has 0 spiro atoms. The van der Waals surface area contributed by atoms with Gasteiger partial charge in [0.25, 0.3) is 5.91 Å². The van der Waals surface area contributed by atoms with Crippen LogP contribution in [0.3, 0.4) is 0 Å². The van der Waals surface area contributed by atoms with Crippen molar-refractivity contribution in [1.82, 2.24) is 5.32 Å². The van der Waals surface area contributed by atoms with Gasteiger partial charge >= 0.3 is 0 Å². The van der Waals surface area contributed by atoms with Gasteiger partial charge in [-0.3, -0.25) is 4.79 Å². The largest absolute Gasteiger partial charge is 0.490 e. The van der Waals surface area contributed by atoms with E-state index in [-0.39, 0.29) is 12.0 Å². The lowest BCUT2D eigenvalue weighted by atomic mass is 10.1. The van der Waals surface area contributed by atoms with Crippen LogP contribution in [0, 0.1) is 0 Å². The van der Waals surface area contributed by atoms with Crippen LogP contribution in [0.15, 0.2) is 36.4 Å². The van der Waals surface area contributed by atoms with Gasteiger partial charge in [0.2, 0.25) is 5.75 Å². The highest BCUT2D eigenvalue weighted by molar-refractivity contribution is 5.95. The van der Waals surface area contributed by atoms with Crippen molar-refractivity contribution in [2.45, 2.75) is 26.9 Å². The number of carbonyl (C=O) groups is 1. The summed E-state index contributed by atoms with van der Waals surface area (Å²) >= 11 is 0. The molecule has 156 valence electrons. The molecule has 1 aliphatic heterocycles. The number of rotatable bonds is 9. The summed E-state index contributed by atoms with van der Waals surface area (Å²) < 4.78 is 28.6. The summed E-state index contributed by atoms with van der Waals surface area (Å²) in [6.07, 6.45) is -0.269. The Morgan fingerprint density at radius 1 is 1.00 bits per heavy atom. The molecule has 0 fully saturated rings. The molecular formula is C22H27NO6. The van der Waals surface area contributed by atoms with E-state index in [9.17, 15) is 4.79 Å². The molecule has 7 heteroatoms. The van der Waals surface area contributed by atoms with Gasteiger partial charge in [-0.1, -0.05) is 12.1 Å². The first kappa shape index (κ1) is 20.6.